The van der Waals surface area contributed by atoms with Crippen molar-refractivity contribution in [3.05, 3.63) is 51.2 Å². The first-order valence-electron chi connectivity index (χ1n) is 6.84. The molecule has 1 aromatic heterocycles. The van der Waals surface area contributed by atoms with Crippen LogP contribution in [0.3, 0.4) is 0 Å². The molecule has 2 aromatic rings. The van der Waals surface area contributed by atoms with Crippen molar-refractivity contribution in [3.63, 3.8) is 0 Å². The van der Waals surface area contributed by atoms with Crippen LogP contribution in [0.1, 0.15) is 28.2 Å². The molecular formula is C16H16ClNO4S. The Balaban J connectivity index is 1.91. The lowest BCUT2D eigenvalue weighted by Gasteiger charge is -2.13. The van der Waals surface area contributed by atoms with Gasteiger partial charge in [-0.1, -0.05) is 17.7 Å². The van der Waals surface area contributed by atoms with Crippen molar-refractivity contribution in [2.45, 2.75) is 13.0 Å². The van der Waals surface area contributed by atoms with E-state index in [1.807, 2.05) is 24.4 Å². The van der Waals surface area contributed by atoms with Gasteiger partial charge in [0.25, 0.3) is 5.91 Å². The first-order valence-corrected chi connectivity index (χ1v) is 8.10. The molecule has 0 spiro atoms. The third-order valence-corrected chi connectivity index (χ3v) is 4.35. The van der Waals surface area contributed by atoms with Crippen molar-refractivity contribution in [2.75, 3.05) is 13.7 Å². The molecule has 2 rings (SSSR count). The van der Waals surface area contributed by atoms with Crippen molar-refractivity contribution in [2.24, 2.45) is 0 Å². The third-order valence-electron chi connectivity index (χ3n) is 3.06. The van der Waals surface area contributed by atoms with Gasteiger partial charge in [-0.3, -0.25) is 4.79 Å². The van der Waals surface area contributed by atoms with Crippen molar-refractivity contribution in [3.8, 4) is 5.75 Å². The monoisotopic (exact) mass is 353 g/mol. The molecule has 23 heavy (non-hydrogen) atoms. The molecule has 1 aromatic carbocycles. The summed E-state index contributed by atoms with van der Waals surface area (Å²) in [5.74, 6) is -0.699. The van der Waals surface area contributed by atoms with Gasteiger partial charge in [0.1, 0.15) is 11.3 Å². The summed E-state index contributed by atoms with van der Waals surface area (Å²) < 4.78 is 10.1. The van der Waals surface area contributed by atoms with Gasteiger partial charge in [-0.25, -0.2) is 4.79 Å². The van der Waals surface area contributed by atoms with E-state index in [2.05, 4.69) is 5.32 Å². The van der Waals surface area contributed by atoms with Gasteiger partial charge in [0.2, 0.25) is 0 Å². The van der Waals surface area contributed by atoms with E-state index in [-0.39, 0.29) is 24.1 Å². The van der Waals surface area contributed by atoms with Crippen molar-refractivity contribution in [1.29, 1.82) is 0 Å². The maximum absolute atomic E-state index is 12.1. The average Bonchev–Trinajstić information content (AvgIpc) is 3.07. The predicted octanol–water partition coefficient (Wildman–Crippen LogP) is 3.44. The Bertz CT molecular complexity index is 687. The molecule has 0 unspecified atom stereocenters. The summed E-state index contributed by atoms with van der Waals surface area (Å²) in [6, 6.07) is 8.31. The van der Waals surface area contributed by atoms with Gasteiger partial charge in [-0.15, -0.1) is 11.3 Å². The van der Waals surface area contributed by atoms with Crippen LogP contribution in [-0.2, 0) is 9.53 Å². The molecule has 122 valence electrons. The molecule has 1 N–H and O–H groups in total. The van der Waals surface area contributed by atoms with Gasteiger partial charge in [-0.2, -0.15) is 0 Å². The Morgan fingerprint density at radius 3 is 2.78 bits per heavy atom. The number of hydrogen-bond donors (Lipinski definition) is 1. The maximum Gasteiger partial charge on any atom is 0.342 e. The predicted molar refractivity (Wildman–Crippen MR) is 89.2 cm³/mol. The fraction of sp³-hybridized carbons (Fsp3) is 0.250. The molecule has 0 aliphatic carbocycles. The molecule has 0 saturated heterocycles. The number of amides is 1. The van der Waals surface area contributed by atoms with E-state index in [0.29, 0.717) is 10.8 Å². The molecule has 0 aliphatic rings. The average molecular weight is 354 g/mol. The summed E-state index contributed by atoms with van der Waals surface area (Å²) in [6.45, 7) is 1.50. The van der Waals surface area contributed by atoms with Gasteiger partial charge in [0.05, 0.1) is 13.2 Å². The van der Waals surface area contributed by atoms with Gasteiger partial charge < -0.3 is 14.8 Å². The summed E-state index contributed by atoms with van der Waals surface area (Å²) in [6.07, 6.45) is 0. The first-order chi connectivity index (χ1) is 11.0. The third kappa shape index (κ3) is 4.71. The summed E-state index contributed by atoms with van der Waals surface area (Å²) in [5.41, 5.74) is 0.180. The lowest BCUT2D eigenvalue weighted by molar-refractivity contribution is -0.124. The Morgan fingerprint density at radius 1 is 1.35 bits per heavy atom. The minimum absolute atomic E-state index is 0.137. The van der Waals surface area contributed by atoms with Crippen LogP contribution >= 0.6 is 22.9 Å². The van der Waals surface area contributed by atoms with E-state index in [0.717, 1.165) is 4.88 Å². The van der Waals surface area contributed by atoms with E-state index < -0.39 is 5.97 Å². The highest BCUT2D eigenvalue weighted by molar-refractivity contribution is 7.10. The molecule has 0 radical (unpaired) electrons. The highest BCUT2D eigenvalue weighted by Crippen LogP contribution is 2.23. The normalized spacial score (nSPS) is 11.6. The molecule has 0 aliphatic heterocycles. The molecule has 0 fully saturated rings. The van der Waals surface area contributed by atoms with E-state index in [1.165, 1.54) is 13.2 Å². The van der Waals surface area contributed by atoms with Crippen molar-refractivity contribution in [1.82, 2.24) is 5.32 Å². The zero-order chi connectivity index (χ0) is 16.8. The van der Waals surface area contributed by atoms with Crippen molar-refractivity contribution < 1.29 is 19.1 Å². The van der Waals surface area contributed by atoms with Crippen LogP contribution in [0.25, 0.3) is 0 Å². The Labute approximate surface area is 143 Å². The van der Waals surface area contributed by atoms with Crippen LogP contribution in [0.5, 0.6) is 5.75 Å². The number of carbonyl (C=O) groups is 2. The summed E-state index contributed by atoms with van der Waals surface area (Å²) in [7, 11) is 1.44. The molecule has 1 atom stereocenters. The van der Waals surface area contributed by atoms with Crippen molar-refractivity contribution >= 4 is 34.8 Å². The van der Waals surface area contributed by atoms with Crippen LogP contribution in [0, 0.1) is 0 Å². The molecule has 1 heterocycles. The minimum atomic E-state index is -0.664. The van der Waals surface area contributed by atoms with E-state index >= 15 is 0 Å². The number of thiophene rings is 1. The smallest absolute Gasteiger partial charge is 0.342 e. The number of halogens is 1. The fourth-order valence-corrected chi connectivity index (χ4v) is 2.85. The van der Waals surface area contributed by atoms with E-state index in [4.69, 9.17) is 21.1 Å². The van der Waals surface area contributed by atoms with Gasteiger partial charge in [0, 0.05) is 9.90 Å². The standard InChI is InChI=1S/C16H16ClNO4S/c1-10(14-4-3-7-23-14)18-15(19)9-22-16(20)12-8-11(17)5-6-13(12)21-2/h3-8,10H,9H2,1-2H3,(H,18,19)/t10-/m0/s1. The zero-order valence-electron chi connectivity index (χ0n) is 12.7. The first kappa shape index (κ1) is 17.3. The zero-order valence-corrected chi connectivity index (χ0v) is 14.2. The Hall–Kier alpha value is -2.05. The summed E-state index contributed by atoms with van der Waals surface area (Å²) in [4.78, 5) is 25.0. The van der Waals surface area contributed by atoms with Gasteiger partial charge >= 0.3 is 5.97 Å². The number of hydrogen-bond acceptors (Lipinski definition) is 5. The molecule has 1 amide bonds. The highest BCUT2D eigenvalue weighted by Gasteiger charge is 2.17. The minimum Gasteiger partial charge on any atom is -0.496 e. The summed E-state index contributed by atoms with van der Waals surface area (Å²) >= 11 is 7.41. The SMILES string of the molecule is COc1ccc(Cl)cc1C(=O)OCC(=O)N[C@@H](C)c1cccs1. The topological polar surface area (TPSA) is 64.6 Å². The second-order valence-corrected chi connectivity index (χ2v) is 6.14. The second-order valence-electron chi connectivity index (χ2n) is 4.73. The number of rotatable bonds is 6. The van der Waals surface area contributed by atoms with Gasteiger partial charge in [0.15, 0.2) is 6.61 Å². The largest absolute Gasteiger partial charge is 0.496 e. The molecule has 5 nitrogen and oxygen atoms in total. The van der Waals surface area contributed by atoms with Crippen LogP contribution in [0.4, 0.5) is 0 Å². The van der Waals surface area contributed by atoms with Crippen LogP contribution in [0.2, 0.25) is 5.02 Å². The Kier molecular flexibility index (Phi) is 6.01. The number of nitrogens with one attached hydrogen (secondary N) is 1. The van der Waals surface area contributed by atoms with Crippen LogP contribution < -0.4 is 10.1 Å². The summed E-state index contributed by atoms with van der Waals surface area (Å²) in [5, 5.41) is 5.08. The fourth-order valence-electron chi connectivity index (χ4n) is 1.94. The molecule has 0 bridgehead atoms. The molecule has 0 saturated carbocycles. The number of esters is 1. The molecule has 7 heteroatoms. The van der Waals surface area contributed by atoms with Crippen LogP contribution in [-0.4, -0.2) is 25.6 Å². The Morgan fingerprint density at radius 2 is 2.13 bits per heavy atom. The lowest BCUT2D eigenvalue weighted by atomic mass is 10.2. The lowest BCUT2D eigenvalue weighted by Crippen LogP contribution is -2.30. The highest BCUT2D eigenvalue weighted by atomic mass is 35.5. The maximum atomic E-state index is 12.1. The van der Waals surface area contributed by atoms with E-state index in [9.17, 15) is 9.59 Å². The van der Waals surface area contributed by atoms with Gasteiger partial charge in [-0.05, 0) is 36.6 Å². The van der Waals surface area contributed by atoms with Crippen LogP contribution in [0.15, 0.2) is 35.7 Å². The number of carbonyl (C=O) groups excluding carboxylic acids is 2. The quantitative estimate of drug-likeness (QED) is 0.808. The number of benzene rings is 1. The second kappa shape index (κ2) is 7.99. The molecular weight excluding hydrogens is 338 g/mol. The number of methoxy groups -OCH3 is 1. The number of ether oxygens (including phenoxy) is 2. The van der Waals surface area contributed by atoms with E-state index in [1.54, 1.807) is 23.5 Å².